The van der Waals surface area contributed by atoms with Crippen molar-refractivity contribution in [3.63, 3.8) is 0 Å². The Morgan fingerprint density at radius 1 is 1.45 bits per heavy atom. The van der Waals surface area contributed by atoms with E-state index in [1.807, 2.05) is 6.07 Å². The SMILES string of the molecule is CCC1OSc2ccccc21. The van der Waals surface area contributed by atoms with Crippen molar-refractivity contribution < 1.29 is 4.18 Å². The molecule has 0 saturated heterocycles. The van der Waals surface area contributed by atoms with Crippen molar-refractivity contribution in [1.82, 2.24) is 0 Å². The first-order valence-electron chi connectivity index (χ1n) is 3.84. The second-order valence-corrected chi connectivity index (χ2v) is 3.41. The molecule has 0 saturated carbocycles. The predicted octanol–water partition coefficient (Wildman–Crippen LogP) is 3.18. The lowest BCUT2D eigenvalue weighted by atomic mass is 10.1. The van der Waals surface area contributed by atoms with Gasteiger partial charge in [-0.05, 0) is 18.1 Å². The molecule has 0 amide bonds. The summed E-state index contributed by atoms with van der Waals surface area (Å²) >= 11 is 1.50. The summed E-state index contributed by atoms with van der Waals surface area (Å²) in [6.07, 6.45) is 1.38. The molecule has 0 bridgehead atoms. The molecule has 1 aromatic carbocycles. The molecule has 0 spiro atoms. The van der Waals surface area contributed by atoms with Crippen molar-refractivity contribution in [3.8, 4) is 0 Å². The van der Waals surface area contributed by atoms with Crippen molar-refractivity contribution >= 4 is 12.0 Å². The first kappa shape index (κ1) is 7.19. The largest absolute Gasteiger partial charge is 0.302 e. The molecule has 0 aromatic heterocycles. The lowest BCUT2D eigenvalue weighted by molar-refractivity contribution is 0.255. The Morgan fingerprint density at radius 3 is 3.09 bits per heavy atom. The Balaban J connectivity index is 2.39. The highest BCUT2D eigenvalue weighted by molar-refractivity contribution is 7.95. The van der Waals surface area contributed by atoms with Crippen LogP contribution in [0.5, 0.6) is 0 Å². The van der Waals surface area contributed by atoms with Crippen LogP contribution in [0.3, 0.4) is 0 Å². The number of hydrogen-bond donors (Lipinski definition) is 0. The van der Waals surface area contributed by atoms with Crippen molar-refractivity contribution in [2.24, 2.45) is 0 Å². The predicted molar refractivity (Wildman–Crippen MR) is 46.4 cm³/mol. The normalized spacial score (nSPS) is 21.7. The summed E-state index contributed by atoms with van der Waals surface area (Å²) in [4.78, 5) is 1.28. The van der Waals surface area contributed by atoms with Gasteiger partial charge in [0.25, 0.3) is 0 Å². The standard InChI is InChI=1S/C9H10OS/c1-2-8-7-5-3-4-6-9(7)11-10-8/h3-6,8H,2H2,1H3. The first-order chi connectivity index (χ1) is 5.42. The Kier molecular flexibility index (Phi) is 1.88. The zero-order valence-corrected chi connectivity index (χ0v) is 7.23. The summed E-state index contributed by atoms with van der Waals surface area (Å²) in [6.45, 7) is 2.15. The fraction of sp³-hybridized carbons (Fsp3) is 0.333. The van der Waals surface area contributed by atoms with Gasteiger partial charge < -0.3 is 4.18 Å². The molecule has 1 heterocycles. The fourth-order valence-electron chi connectivity index (χ4n) is 1.27. The lowest BCUT2D eigenvalue weighted by Gasteiger charge is -2.03. The first-order valence-corrected chi connectivity index (χ1v) is 4.58. The Bertz CT molecular complexity index is 259. The van der Waals surface area contributed by atoms with E-state index in [1.54, 1.807) is 0 Å². The van der Waals surface area contributed by atoms with Crippen LogP contribution >= 0.6 is 12.0 Å². The zero-order valence-electron chi connectivity index (χ0n) is 6.41. The fourth-order valence-corrected chi connectivity index (χ4v) is 2.16. The molecule has 1 unspecified atom stereocenters. The lowest BCUT2D eigenvalue weighted by Crippen LogP contribution is -1.90. The summed E-state index contributed by atoms with van der Waals surface area (Å²) in [5, 5.41) is 0. The molecule has 11 heavy (non-hydrogen) atoms. The van der Waals surface area contributed by atoms with Crippen LogP contribution in [0.15, 0.2) is 29.2 Å². The maximum Gasteiger partial charge on any atom is 0.0985 e. The van der Waals surface area contributed by atoms with Gasteiger partial charge in [0, 0.05) is 16.9 Å². The van der Waals surface area contributed by atoms with Crippen LogP contribution in [0.1, 0.15) is 25.0 Å². The van der Waals surface area contributed by atoms with Crippen LogP contribution < -0.4 is 0 Å². The molecule has 1 atom stereocenters. The van der Waals surface area contributed by atoms with Crippen LogP contribution in [0.2, 0.25) is 0 Å². The van der Waals surface area contributed by atoms with Gasteiger partial charge >= 0.3 is 0 Å². The van der Waals surface area contributed by atoms with E-state index in [9.17, 15) is 0 Å². The van der Waals surface area contributed by atoms with Crippen LogP contribution in [0.25, 0.3) is 0 Å². The Hall–Kier alpha value is -0.470. The van der Waals surface area contributed by atoms with Crippen molar-refractivity contribution in [1.29, 1.82) is 0 Å². The average molecular weight is 166 g/mol. The Morgan fingerprint density at radius 2 is 2.27 bits per heavy atom. The van der Waals surface area contributed by atoms with Crippen molar-refractivity contribution in [2.45, 2.75) is 24.3 Å². The molecule has 2 rings (SSSR count). The summed E-state index contributed by atoms with van der Waals surface area (Å²) in [5.74, 6) is 0. The Labute approximate surface area is 71.0 Å². The van der Waals surface area contributed by atoms with E-state index in [0.717, 1.165) is 6.42 Å². The van der Waals surface area contributed by atoms with E-state index in [4.69, 9.17) is 4.18 Å². The molecule has 0 aliphatic carbocycles. The van der Waals surface area contributed by atoms with Gasteiger partial charge in [0.15, 0.2) is 0 Å². The maximum absolute atomic E-state index is 5.49. The smallest absolute Gasteiger partial charge is 0.0985 e. The third kappa shape index (κ3) is 1.17. The molecule has 2 heteroatoms. The number of rotatable bonds is 1. The molecule has 1 aliphatic rings. The van der Waals surface area contributed by atoms with Gasteiger partial charge in [-0.3, -0.25) is 0 Å². The molecule has 58 valence electrons. The molecule has 1 aromatic rings. The van der Waals surface area contributed by atoms with Crippen LogP contribution in [0, 0.1) is 0 Å². The zero-order chi connectivity index (χ0) is 7.68. The molecule has 1 aliphatic heterocycles. The van der Waals surface area contributed by atoms with Gasteiger partial charge in [-0.25, -0.2) is 0 Å². The average Bonchev–Trinajstić information content (AvgIpc) is 2.47. The highest BCUT2D eigenvalue weighted by Gasteiger charge is 2.21. The summed E-state index contributed by atoms with van der Waals surface area (Å²) in [7, 11) is 0. The summed E-state index contributed by atoms with van der Waals surface area (Å²) in [6, 6.07) is 8.36. The second kappa shape index (κ2) is 2.88. The van der Waals surface area contributed by atoms with Gasteiger partial charge in [0.1, 0.15) is 0 Å². The number of fused-ring (bicyclic) bond motifs is 1. The van der Waals surface area contributed by atoms with Crippen LogP contribution in [-0.2, 0) is 4.18 Å². The molecule has 0 fully saturated rings. The van der Waals surface area contributed by atoms with Crippen LogP contribution in [0.4, 0.5) is 0 Å². The van der Waals surface area contributed by atoms with Crippen molar-refractivity contribution in [2.75, 3.05) is 0 Å². The third-order valence-electron chi connectivity index (χ3n) is 1.89. The van der Waals surface area contributed by atoms with E-state index in [0.29, 0.717) is 6.10 Å². The highest BCUT2D eigenvalue weighted by Crippen LogP contribution is 2.42. The van der Waals surface area contributed by atoms with Gasteiger partial charge in [-0.1, -0.05) is 25.1 Å². The highest BCUT2D eigenvalue weighted by atomic mass is 32.2. The van der Waals surface area contributed by atoms with E-state index in [-0.39, 0.29) is 0 Å². The van der Waals surface area contributed by atoms with E-state index in [1.165, 1.54) is 22.5 Å². The number of benzene rings is 1. The van der Waals surface area contributed by atoms with Crippen molar-refractivity contribution in [3.05, 3.63) is 29.8 Å². The minimum Gasteiger partial charge on any atom is -0.302 e. The monoisotopic (exact) mass is 166 g/mol. The summed E-state index contributed by atoms with van der Waals surface area (Å²) < 4.78 is 5.49. The minimum atomic E-state index is 0.316. The van der Waals surface area contributed by atoms with Gasteiger partial charge in [-0.15, -0.1) is 0 Å². The molecule has 0 radical (unpaired) electrons. The minimum absolute atomic E-state index is 0.316. The van der Waals surface area contributed by atoms with Gasteiger partial charge in [0.05, 0.1) is 6.10 Å². The van der Waals surface area contributed by atoms with Crippen LogP contribution in [-0.4, -0.2) is 0 Å². The maximum atomic E-state index is 5.49. The summed E-state index contributed by atoms with van der Waals surface area (Å²) in [5.41, 5.74) is 1.35. The van der Waals surface area contributed by atoms with E-state index < -0.39 is 0 Å². The molecular weight excluding hydrogens is 156 g/mol. The topological polar surface area (TPSA) is 9.23 Å². The molecule has 1 nitrogen and oxygen atoms in total. The number of hydrogen-bond acceptors (Lipinski definition) is 2. The second-order valence-electron chi connectivity index (χ2n) is 2.61. The van der Waals surface area contributed by atoms with E-state index >= 15 is 0 Å². The molecular formula is C9H10OS. The van der Waals surface area contributed by atoms with Gasteiger partial charge in [0.2, 0.25) is 0 Å². The molecule has 0 N–H and O–H groups in total. The quantitative estimate of drug-likeness (QED) is 0.592. The third-order valence-corrected chi connectivity index (χ3v) is 2.77. The van der Waals surface area contributed by atoms with Gasteiger partial charge in [-0.2, -0.15) is 0 Å². The van der Waals surface area contributed by atoms with E-state index in [2.05, 4.69) is 25.1 Å².